The summed E-state index contributed by atoms with van der Waals surface area (Å²) in [5.41, 5.74) is 10.1. The zero-order valence-corrected chi connectivity index (χ0v) is 19.9. The standard InChI is InChI=1S/C31H25NSi/c1-33(2)30-15-4-3-11-27(30)28-13-8-12-26(31(28)33)23-18-16-22(17-19-23)24-9-7-10-25(21-24)29-14-5-6-20-32-29/h3-21H,1-2H3. The van der Waals surface area contributed by atoms with E-state index in [-0.39, 0.29) is 0 Å². The molecule has 158 valence electrons. The van der Waals surface area contributed by atoms with Crippen LogP contribution >= 0.6 is 0 Å². The minimum Gasteiger partial charge on any atom is -0.256 e. The monoisotopic (exact) mass is 439 g/mol. The normalized spacial score (nSPS) is 13.4. The molecule has 0 spiro atoms. The van der Waals surface area contributed by atoms with Crippen molar-refractivity contribution in [3.8, 4) is 44.6 Å². The molecule has 0 aliphatic carbocycles. The minimum atomic E-state index is -1.74. The number of pyridine rings is 1. The quantitative estimate of drug-likeness (QED) is 0.279. The van der Waals surface area contributed by atoms with Crippen molar-refractivity contribution < 1.29 is 0 Å². The van der Waals surface area contributed by atoms with Gasteiger partial charge in [-0.25, -0.2) is 0 Å². The van der Waals surface area contributed by atoms with Gasteiger partial charge in [0.05, 0.1) is 5.69 Å². The second-order valence-corrected chi connectivity index (χ2v) is 13.6. The van der Waals surface area contributed by atoms with E-state index in [1.54, 1.807) is 10.4 Å². The molecule has 0 radical (unpaired) electrons. The molecule has 6 rings (SSSR count). The van der Waals surface area contributed by atoms with Crippen molar-refractivity contribution in [3.63, 3.8) is 0 Å². The molecule has 2 heterocycles. The molecular weight excluding hydrogens is 414 g/mol. The van der Waals surface area contributed by atoms with E-state index in [0.717, 1.165) is 11.3 Å². The first kappa shape index (κ1) is 19.9. The zero-order chi connectivity index (χ0) is 22.4. The Hall–Kier alpha value is -3.75. The number of hydrogen-bond donors (Lipinski definition) is 0. The SMILES string of the molecule is C[Si]1(C)c2ccccc2-c2cccc(-c3ccc(-c4cccc(-c5ccccn5)c4)cc3)c21. The average Bonchev–Trinajstić information content (AvgIpc) is 3.12. The lowest BCUT2D eigenvalue weighted by Crippen LogP contribution is -2.50. The van der Waals surface area contributed by atoms with Crippen molar-refractivity contribution in [1.82, 2.24) is 4.98 Å². The molecule has 0 fully saturated rings. The van der Waals surface area contributed by atoms with Crippen LogP contribution in [0.5, 0.6) is 0 Å². The summed E-state index contributed by atoms with van der Waals surface area (Å²) in [4.78, 5) is 4.51. The maximum Gasteiger partial charge on any atom is 0.114 e. The lowest BCUT2D eigenvalue weighted by molar-refractivity contribution is 1.33. The van der Waals surface area contributed by atoms with Crippen LogP contribution in [0, 0.1) is 0 Å². The van der Waals surface area contributed by atoms with Crippen LogP contribution in [0.3, 0.4) is 0 Å². The van der Waals surface area contributed by atoms with Gasteiger partial charge in [-0.15, -0.1) is 0 Å². The van der Waals surface area contributed by atoms with Gasteiger partial charge in [0.25, 0.3) is 0 Å². The molecule has 33 heavy (non-hydrogen) atoms. The van der Waals surface area contributed by atoms with Gasteiger partial charge in [0.2, 0.25) is 0 Å². The Labute approximate surface area is 196 Å². The highest BCUT2D eigenvalue weighted by Gasteiger charge is 2.38. The summed E-state index contributed by atoms with van der Waals surface area (Å²) in [5, 5.41) is 3.12. The van der Waals surface area contributed by atoms with Crippen molar-refractivity contribution >= 4 is 18.4 Å². The number of benzene rings is 4. The third kappa shape index (κ3) is 3.26. The Morgan fingerprint density at radius 1 is 0.515 bits per heavy atom. The summed E-state index contributed by atoms with van der Waals surface area (Å²) in [5.74, 6) is 0. The van der Waals surface area contributed by atoms with E-state index in [4.69, 9.17) is 0 Å². The van der Waals surface area contributed by atoms with E-state index in [1.165, 1.54) is 33.4 Å². The summed E-state index contributed by atoms with van der Waals surface area (Å²) in [6.07, 6.45) is 1.85. The van der Waals surface area contributed by atoms with E-state index < -0.39 is 8.07 Å². The molecule has 0 unspecified atom stereocenters. The fourth-order valence-corrected chi connectivity index (χ4v) is 8.79. The maximum absolute atomic E-state index is 4.51. The predicted octanol–water partition coefficient (Wildman–Crippen LogP) is 6.89. The third-order valence-corrected chi connectivity index (χ3v) is 10.5. The molecule has 0 N–H and O–H groups in total. The molecule has 0 atom stereocenters. The smallest absolute Gasteiger partial charge is 0.114 e. The fourth-order valence-electron chi connectivity index (χ4n) is 5.32. The molecule has 1 nitrogen and oxygen atoms in total. The summed E-state index contributed by atoms with van der Waals surface area (Å²) >= 11 is 0. The number of rotatable bonds is 3. The topological polar surface area (TPSA) is 12.9 Å². The molecular formula is C31H25NSi. The van der Waals surface area contributed by atoms with E-state index in [2.05, 4.69) is 115 Å². The maximum atomic E-state index is 4.51. The minimum absolute atomic E-state index is 1.00. The van der Waals surface area contributed by atoms with E-state index in [0.29, 0.717) is 0 Å². The van der Waals surface area contributed by atoms with Crippen LogP contribution in [-0.4, -0.2) is 13.1 Å². The fraction of sp³-hybridized carbons (Fsp3) is 0.0645. The lowest BCUT2D eigenvalue weighted by Gasteiger charge is -2.22. The Morgan fingerprint density at radius 2 is 1.18 bits per heavy atom. The van der Waals surface area contributed by atoms with Gasteiger partial charge in [0.1, 0.15) is 8.07 Å². The summed E-state index contributed by atoms with van der Waals surface area (Å²) in [6.45, 7) is 4.97. The van der Waals surface area contributed by atoms with Gasteiger partial charge in [-0.3, -0.25) is 4.98 Å². The first-order valence-electron chi connectivity index (χ1n) is 11.5. The van der Waals surface area contributed by atoms with Crippen LogP contribution in [0.4, 0.5) is 0 Å². The second kappa shape index (κ2) is 7.68. The zero-order valence-electron chi connectivity index (χ0n) is 18.9. The molecule has 0 bridgehead atoms. The Kier molecular flexibility index (Phi) is 4.63. The average molecular weight is 440 g/mol. The molecule has 0 saturated heterocycles. The van der Waals surface area contributed by atoms with Crippen molar-refractivity contribution in [2.75, 3.05) is 0 Å². The highest BCUT2D eigenvalue weighted by molar-refractivity contribution is 7.04. The lowest BCUT2D eigenvalue weighted by atomic mass is 9.96. The second-order valence-electron chi connectivity index (χ2n) is 9.27. The van der Waals surface area contributed by atoms with Gasteiger partial charge in [0.15, 0.2) is 0 Å². The van der Waals surface area contributed by atoms with Crippen LogP contribution in [-0.2, 0) is 0 Å². The number of aromatic nitrogens is 1. The van der Waals surface area contributed by atoms with Gasteiger partial charge in [-0.05, 0) is 62.0 Å². The largest absolute Gasteiger partial charge is 0.256 e. The van der Waals surface area contributed by atoms with Gasteiger partial charge in [-0.2, -0.15) is 0 Å². The Morgan fingerprint density at radius 3 is 2.00 bits per heavy atom. The molecule has 1 aliphatic rings. The highest BCUT2D eigenvalue weighted by Crippen LogP contribution is 2.34. The summed E-state index contributed by atoms with van der Waals surface area (Å²) < 4.78 is 0. The third-order valence-electron chi connectivity index (χ3n) is 6.93. The number of nitrogens with zero attached hydrogens (tertiary/aromatic N) is 1. The van der Waals surface area contributed by atoms with Gasteiger partial charge in [0, 0.05) is 11.8 Å². The first-order chi connectivity index (χ1) is 16.1. The van der Waals surface area contributed by atoms with Gasteiger partial charge in [-0.1, -0.05) is 104 Å². The Bertz CT molecular complexity index is 1470. The van der Waals surface area contributed by atoms with Gasteiger partial charge < -0.3 is 0 Å². The molecule has 0 saturated carbocycles. The van der Waals surface area contributed by atoms with E-state index in [1.807, 2.05) is 18.3 Å². The molecule has 0 amide bonds. The first-order valence-corrected chi connectivity index (χ1v) is 14.5. The predicted molar refractivity (Wildman–Crippen MR) is 143 cm³/mol. The van der Waals surface area contributed by atoms with Crippen LogP contribution < -0.4 is 10.4 Å². The highest BCUT2D eigenvalue weighted by atomic mass is 28.3. The summed E-state index contributed by atoms with van der Waals surface area (Å²) in [6, 6.07) is 39.6. The Balaban J connectivity index is 1.40. The molecule has 2 heteroatoms. The van der Waals surface area contributed by atoms with Crippen LogP contribution in [0.15, 0.2) is 115 Å². The molecule has 1 aromatic heterocycles. The molecule has 4 aromatic carbocycles. The van der Waals surface area contributed by atoms with E-state index in [9.17, 15) is 0 Å². The van der Waals surface area contributed by atoms with Crippen LogP contribution in [0.25, 0.3) is 44.6 Å². The molecule has 1 aliphatic heterocycles. The van der Waals surface area contributed by atoms with E-state index >= 15 is 0 Å². The van der Waals surface area contributed by atoms with Crippen molar-refractivity contribution in [2.45, 2.75) is 13.1 Å². The van der Waals surface area contributed by atoms with Crippen LogP contribution in [0.2, 0.25) is 13.1 Å². The van der Waals surface area contributed by atoms with Crippen molar-refractivity contribution in [3.05, 3.63) is 115 Å². The summed E-state index contributed by atoms with van der Waals surface area (Å²) in [7, 11) is -1.74. The van der Waals surface area contributed by atoms with Crippen molar-refractivity contribution in [2.24, 2.45) is 0 Å². The van der Waals surface area contributed by atoms with Crippen LogP contribution in [0.1, 0.15) is 0 Å². The van der Waals surface area contributed by atoms with Crippen molar-refractivity contribution in [1.29, 1.82) is 0 Å². The number of hydrogen-bond acceptors (Lipinski definition) is 1. The number of fused-ring (bicyclic) bond motifs is 3. The molecule has 5 aromatic rings. The van der Waals surface area contributed by atoms with Gasteiger partial charge >= 0.3 is 0 Å².